The molecule has 2 nitrogen and oxygen atoms in total. The Balaban J connectivity index is 3.20. The molecule has 0 saturated heterocycles. The van der Waals surface area contributed by atoms with Crippen molar-refractivity contribution in [2.75, 3.05) is 13.2 Å². The molecule has 0 bridgehead atoms. The Morgan fingerprint density at radius 1 is 1.20 bits per heavy atom. The van der Waals surface area contributed by atoms with Crippen molar-refractivity contribution in [3.8, 4) is 24.7 Å². The second-order valence-corrected chi connectivity index (χ2v) is 3.04. The van der Waals surface area contributed by atoms with Gasteiger partial charge in [0.2, 0.25) is 0 Å². The molecule has 0 aliphatic carbocycles. The molecular weight excluding hydrogens is 144 g/mol. The van der Waals surface area contributed by atoms with Crippen molar-refractivity contribution < 1.29 is 8.85 Å². The van der Waals surface area contributed by atoms with Crippen LogP contribution in [0.25, 0.3) is 0 Å². The van der Waals surface area contributed by atoms with Crippen molar-refractivity contribution in [3.63, 3.8) is 0 Å². The van der Waals surface area contributed by atoms with Crippen molar-refractivity contribution in [1.29, 1.82) is 0 Å². The molecule has 53 valence electrons. The van der Waals surface area contributed by atoms with Crippen molar-refractivity contribution in [1.82, 2.24) is 0 Å². The Labute approximate surface area is 63.4 Å². The summed E-state index contributed by atoms with van der Waals surface area (Å²) in [6.45, 7) is 2.45. The van der Waals surface area contributed by atoms with E-state index in [-0.39, 0.29) is 0 Å². The minimum Gasteiger partial charge on any atom is -0.382 e. The standard InChI is InChI=1S/C7H9O2Si/c1-4-6-8-10(3)9-7-5-2/h1-2H,6-7H2,3H3. The van der Waals surface area contributed by atoms with Crippen molar-refractivity contribution in [2.24, 2.45) is 0 Å². The van der Waals surface area contributed by atoms with Crippen LogP contribution in [0.2, 0.25) is 6.55 Å². The van der Waals surface area contributed by atoms with Gasteiger partial charge in [-0.1, -0.05) is 11.8 Å². The smallest absolute Gasteiger partial charge is 0.382 e. The zero-order chi connectivity index (χ0) is 7.82. The molecular formula is C7H9O2Si. The van der Waals surface area contributed by atoms with E-state index in [2.05, 4.69) is 11.8 Å². The molecule has 0 spiro atoms. The number of rotatable bonds is 4. The third kappa shape index (κ3) is 5.39. The Kier molecular flexibility index (Phi) is 5.90. The first kappa shape index (κ1) is 9.26. The third-order valence-electron chi connectivity index (χ3n) is 0.718. The zero-order valence-corrected chi connectivity index (χ0v) is 6.89. The van der Waals surface area contributed by atoms with Gasteiger partial charge in [0.05, 0.1) is 13.2 Å². The van der Waals surface area contributed by atoms with Gasteiger partial charge in [-0.15, -0.1) is 12.8 Å². The van der Waals surface area contributed by atoms with Crippen LogP contribution < -0.4 is 0 Å². The van der Waals surface area contributed by atoms with Gasteiger partial charge in [0, 0.05) is 0 Å². The summed E-state index contributed by atoms with van der Waals surface area (Å²) in [5.41, 5.74) is 0. The lowest BCUT2D eigenvalue weighted by atomic mass is 10.8. The maximum atomic E-state index is 5.04. The fraction of sp³-hybridized carbons (Fsp3) is 0.429. The molecule has 0 aliphatic rings. The molecule has 0 fully saturated rings. The lowest BCUT2D eigenvalue weighted by Crippen LogP contribution is -2.18. The van der Waals surface area contributed by atoms with Crippen molar-refractivity contribution in [2.45, 2.75) is 6.55 Å². The van der Waals surface area contributed by atoms with Crippen molar-refractivity contribution >= 4 is 9.28 Å². The van der Waals surface area contributed by atoms with Crippen LogP contribution in [0.4, 0.5) is 0 Å². The summed E-state index contributed by atoms with van der Waals surface area (Å²) >= 11 is 0. The van der Waals surface area contributed by atoms with E-state index in [9.17, 15) is 0 Å². The van der Waals surface area contributed by atoms with Gasteiger partial charge in [0.25, 0.3) is 0 Å². The monoisotopic (exact) mass is 153 g/mol. The molecule has 10 heavy (non-hydrogen) atoms. The summed E-state index contributed by atoms with van der Waals surface area (Å²) in [7, 11) is -1.20. The van der Waals surface area contributed by atoms with Gasteiger partial charge in [0.15, 0.2) is 0 Å². The molecule has 0 N–H and O–H groups in total. The minimum absolute atomic E-state index is 0.301. The average Bonchev–Trinajstić information content (AvgIpc) is 1.97. The van der Waals surface area contributed by atoms with Crippen LogP contribution in [-0.2, 0) is 8.85 Å². The lowest BCUT2D eigenvalue weighted by molar-refractivity contribution is 0.245. The maximum absolute atomic E-state index is 5.04. The van der Waals surface area contributed by atoms with Crippen molar-refractivity contribution in [3.05, 3.63) is 0 Å². The highest BCUT2D eigenvalue weighted by Gasteiger charge is 2.04. The van der Waals surface area contributed by atoms with Crippen LogP contribution in [0.1, 0.15) is 0 Å². The molecule has 0 saturated carbocycles. The molecule has 3 heteroatoms. The first-order valence-corrected chi connectivity index (χ1v) is 4.59. The third-order valence-corrected chi connectivity index (χ3v) is 1.82. The topological polar surface area (TPSA) is 18.5 Å². The van der Waals surface area contributed by atoms with Gasteiger partial charge in [-0.3, -0.25) is 0 Å². The van der Waals surface area contributed by atoms with Crippen LogP contribution in [0, 0.1) is 24.7 Å². The second-order valence-electron chi connectivity index (χ2n) is 1.48. The Bertz CT molecular complexity index is 136. The van der Waals surface area contributed by atoms with E-state index in [0.717, 1.165) is 0 Å². The van der Waals surface area contributed by atoms with Gasteiger partial charge < -0.3 is 8.85 Å². The van der Waals surface area contributed by atoms with E-state index in [4.69, 9.17) is 21.7 Å². The average molecular weight is 153 g/mol. The molecule has 0 aliphatic heterocycles. The quantitative estimate of drug-likeness (QED) is 0.430. The van der Waals surface area contributed by atoms with Crippen LogP contribution in [-0.4, -0.2) is 22.5 Å². The van der Waals surface area contributed by atoms with Crippen LogP contribution in [0.15, 0.2) is 0 Å². The normalized spacial score (nSPS) is 8.80. The molecule has 0 heterocycles. The lowest BCUT2D eigenvalue weighted by Gasteiger charge is -2.04. The Morgan fingerprint density at radius 3 is 1.90 bits per heavy atom. The van der Waals surface area contributed by atoms with Gasteiger partial charge >= 0.3 is 9.28 Å². The zero-order valence-electron chi connectivity index (χ0n) is 5.89. The van der Waals surface area contributed by atoms with Crippen LogP contribution >= 0.6 is 0 Å². The Hall–Kier alpha value is -0.743. The summed E-state index contributed by atoms with van der Waals surface area (Å²) in [6, 6.07) is 0. The summed E-state index contributed by atoms with van der Waals surface area (Å²) in [5.74, 6) is 4.69. The molecule has 0 aromatic rings. The minimum atomic E-state index is -1.20. The fourth-order valence-corrected chi connectivity index (χ4v) is 0.985. The highest BCUT2D eigenvalue weighted by molar-refractivity contribution is 6.42. The predicted molar refractivity (Wildman–Crippen MR) is 41.2 cm³/mol. The Morgan fingerprint density at radius 2 is 1.60 bits per heavy atom. The molecule has 0 rings (SSSR count). The predicted octanol–water partition coefficient (Wildman–Crippen LogP) is 0.404. The highest BCUT2D eigenvalue weighted by atomic mass is 28.3. The van der Waals surface area contributed by atoms with E-state index in [1.165, 1.54) is 0 Å². The highest BCUT2D eigenvalue weighted by Crippen LogP contribution is 1.86. The molecule has 1 radical (unpaired) electrons. The molecule has 0 aromatic heterocycles. The number of hydrogen-bond donors (Lipinski definition) is 0. The van der Waals surface area contributed by atoms with Gasteiger partial charge in [-0.05, 0) is 6.55 Å². The summed E-state index contributed by atoms with van der Waals surface area (Å²) in [5, 5.41) is 0. The number of terminal acetylenes is 2. The van der Waals surface area contributed by atoms with E-state index < -0.39 is 9.28 Å². The maximum Gasteiger partial charge on any atom is 0.382 e. The SMILES string of the molecule is C#CCO[Si](C)OCC#C. The largest absolute Gasteiger partial charge is 0.382 e. The van der Waals surface area contributed by atoms with E-state index in [0.29, 0.717) is 13.2 Å². The fourth-order valence-electron chi connectivity index (χ4n) is 0.328. The van der Waals surface area contributed by atoms with Crippen LogP contribution in [0.5, 0.6) is 0 Å². The molecule has 0 atom stereocenters. The van der Waals surface area contributed by atoms with E-state index >= 15 is 0 Å². The van der Waals surface area contributed by atoms with Crippen LogP contribution in [0.3, 0.4) is 0 Å². The summed E-state index contributed by atoms with van der Waals surface area (Å²) in [4.78, 5) is 0. The molecule has 0 amide bonds. The summed E-state index contributed by atoms with van der Waals surface area (Å²) in [6.07, 6.45) is 9.90. The number of hydrogen-bond acceptors (Lipinski definition) is 2. The van der Waals surface area contributed by atoms with Gasteiger partial charge in [0.1, 0.15) is 0 Å². The molecule has 0 unspecified atom stereocenters. The van der Waals surface area contributed by atoms with E-state index in [1.807, 2.05) is 6.55 Å². The van der Waals surface area contributed by atoms with E-state index in [1.54, 1.807) is 0 Å². The first-order valence-electron chi connectivity index (χ1n) is 2.77. The summed E-state index contributed by atoms with van der Waals surface area (Å²) < 4.78 is 10.1. The van der Waals surface area contributed by atoms with Gasteiger partial charge in [-0.2, -0.15) is 0 Å². The molecule has 0 aromatic carbocycles. The van der Waals surface area contributed by atoms with Gasteiger partial charge in [-0.25, -0.2) is 0 Å². The second kappa shape index (κ2) is 6.38. The first-order chi connectivity index (χ1) is 4.81.